The second-order valence-electron chi connectivity index (χ2n) is 4.12. The Bertz CT molecular complexity index is 399. The maximum atomic E-state index is 9.09. The van der Waals surface area contributed by atoms with Crippen LogP contribution in [0.15, 0.2) is 17.2 Å². The van der Waals surface area contributed by atoms with Crippen LogP contribution in [0.5, 0.6) is 0 Å². The molecule has 0 aliphatic carbocycles. The average Bonchev–Trinajstić information content (AvgIpc) is 2.21. The van der Waals surface area contributed by atoms with E-state index in [4.69, 9.17) is 10.6 Å². The summed E-state index contributed by atoms with van der Waals surface area (Å²) in [5.41, 5.74) is 13.1. The summed E-state index contributed by atoms with van der Waals surface area (Å²) in [5.74, 6) is 0. The van der Waals surface area contributed by atoms with Gasteiger partial charge in [0.05, 0.1) is 12.6 Å². The van der Waals surface area contributed by atoms with Crippen LogP contribution in [0.4, 0.5) is 0 Å². The largest absolute Gasteiger partial charge is 0.396 e. The lowest BCUT2D eigenvalue weighted by atomic mass is 9.95. The van der Waals surface area contributed by atoms with E-state index in [2.05, 4.69) is 29.1 Å². The van der Waals surface area contributed by atoms with Crippen molar-refractivity contribution in [3.63, 3.8) is 0 Å². The zero-order valence-corrected chi connectivity index (χ0v) is 9.94. The molecular weight excluding hydrogens is 202 g/mol. The van der Waals surface area contributed by atoms with Gasteiger partial charge >= 0.3 is 0 Å². The molecule has 1 N–H and O–H groups in total. The molecule has 0 heterocycles. The van der Waals surface area contributed by atoms with E-state index >= 15 is 0 Å². The van der Waals surface area contributed by atoms with Gasteiger partial charge in [-0.1, -0.05) is 22.8 Å². The summed E-state index contributed by atoms with van der Waals surface area (Å²) in [6, 6.07) is 3.84. The van der Waals surface area contributed by atoms with Crippen molar-refractivity contribution in [2.75, 3.05) is 6.61 Å². The van der Waals surface area contributed by atoms with Crippen LogP contribution < -0.4 is 0 Å². The predicted molar refractivity (Wildman–Crippen MR) is 64.4 cm³/mol. The molecule has 0 spiro atoms. The van der Waals surface area contributed by atoms with Crippen molar-refractivity contribution in [2.45, 2.75) is 33.2 Å². The van der Waals surface area contributed by atoms with Crippen LogP contribution in [0, 0.1) is 20.8 Å². The second kappa shape index (κ2) is 5.54. The third-order valence-electron chi connectivity index (χ3n) is 2.71. The van der Waals surface area contributed by atoms with E-state index in [0.717, 1.165) is 5.56 Å². The Morgan fingerprint density at radius 1 is 1.31 bits per heavy atom. The Labute approximate surface area is 95.5 Å². The van der Waals surface area contributed by atoms with Gasteiger partial charge < -0.3 is 5.11 Å². The number of hydrogen-bond donors (Lipinski definition) is 1. The first-order valence-corrected chi connectivity index (χ1v) is 5.30. The molecule has 1 aromatic carbocycles. The van der Waals surface area contributed by atoms with Crippen LogP contribution in [0.1, 0.15) is 22.3 Å². The SMILES string of the molecule is Cc1cc(C)c(CC(CO)N=[N+]=[N-])c(C)c1. The van der Waals surface area contributed by atoms with Gasteiger partial charge in [0.1, 0.15) is 0 Å². The minimum Gasteiger partial charge on any atom is -0.396 e. The Kier molecular flexibility index (Phi) is 4.35. The molecule has 0 amide bonds. The third-order valence-corrected chi connectivity index (χ3v) is 2.71. The lowest BCUT2D eigenvalue weighted by Gasteiger charge is -2.14. The van der Waals surface area contributed by atoms with Crippen molar-refractivity contribution in [1.29, 1.82) is 0 Å². The Balaban J connectivity index is 3.00. The molecule has 0 saturated heterocycles. The van der Waals surface area contributed by atoms with E-state index < -0.39 is 0 Å². The van der Waals surface area contributed by atoms with Gasteiger partial charge in [-0.05, 0) is 49.4 Å². The summed E-state index contributed by atoms with van der Waals surface area (Å²) in [4.78, 5) is 2.74. The highest BCUT2D eigenvalue weighted by atomic mass is 16.3. The van der Waals surface area contributed by atoms with Gasteiger partial charge in [-0.25, -0.2) is 0 Å². The van der Waals surface area contributed by atoms with Crippen molar-refractivity contribution in [2.24, 2.45) is 5.11 Å². The summed E-state index contributed by atoms with van der Waals surface area (Å²) in [7, 11) is 0. The molecule has 4 heteroatoms. The van der Waals surface area contributed by atoms with Crippen LogP contribution in [-0.2, 0) is 6.42 Å². The minimum atomic E-state index is -0.370. The molecule has 0 fully saturated rings. The molecule has 86 valence electrons. The maximum Gasteiger partial charge on any atom is 0.0645 e. The van der Waals surface area contributed by atoms with E-state index in [-0.39, 0.29) is 12.6 Å². The topological polar surface area (TPSA) is 69.0 Å². The van der Waals surface area contributed by atoms with Gasteiger partial charge in [-0.15, -0.1) is 0 Å². The molecule has 1 rings (SSSR count). The van der Waals surface area contributed by atoms with Gasteiger partial charge in [0.25, 0.3) is 0 Å². The number of azide groups is 1. The van der Waals surface area contributed by atoms with E-state index in [1.807, 2.05) is 13.8 Å². The quantitative estimate of drug-likeness (QED) is 0.472. The van der Waals surface area contributed by atoms with Crippen LogP contribution in [0.25, 0.3) is 10.4 Å². The fraction of sp³-hybridized carbons (Fsp3) is 0.500. The molecule has 0 bridgehead atoms. The van der Waals surface area contributed by atoms with E-state index in [0.29, 0.717) is 6.42 Å². The number of rotatable bonds is 4. The Morgan fingerprint density at radius 2 is 1.88 bits per heavy atom. The molecule has 1 aromatic rings. The molecule has 4 nitrogen and oxygen atoms in total. The summed E-state index contributed by atoms with van der Waals surface area (Å²) in [6.45, 7) is 6.03. The minimum absolute atomic E-state index is 0.114. The van der Waals surface area contributed by atoms with Gasteiger partial charge in [0.2, 0.25) is 0 Å². The number of nitrogens with zero attached hydrogens (tertiary/aromatic N) is 3. The van der Waals surface area contributed by atoms with E-state index in [1.165, 1.54) is 16.7 Å². The van der Waals surface area contributed by atoms with Crippen molar-refractivity contribution >= 4 is 0 Å². The number of aliphatic hydroxyl groups excluding tert-OH is 1. The normalized spacial score (nSPS) is 12.0. The van der Waals surface area contributed by atoms with Crippen molar-refractivity contribution < 1.29 is 5.11 Å². The number of aryl methyl sites for hydroxylation is 3. The third kappa shape index (κ3) is 2.99. The molecule has 0 aliphatic rings. The van der Waals surface area contributed by atoms with Crippen LogP contribution in [-0.4, -0.2) is 17.8 Å². The fourth-order valence-electron chi connectivity index (χ4n) is 1.98. The predicted octanol–water partition coefficient (Wildman–Crippen LogP) is 2.83. The molecule has 0 aliphatic heterocycles. The highest BCUT2D eigenvalue weighted by molar-refractivity contribution is 5.38. The summed E-state index contributed by atoms with van der Waals surface area (Å²) in [5, 5.41) is 12.7. The smallest absolute Gasteiger partial charge is 0.0645 e. The van der Waals surface area contributed by atoms with E-state index in [1.54, 1.807) is 0 Å². The first-order valence-electron chi connectivity index (χ1n) is 5.30. The molecule has 0 aromatic heterocycles. The first kappa shape index (κ1) is 12.6. The zero-order chi connectivity index (χ0) is 12.1. The summed E-state index contributed by atoms with van der Waals surface area (Å²) in [6.07, 6.45) is 0.596. The highest BCUT2D eigenvalue weighted by Crippen LogP contribution is 2.18. The molecule has 0 radical (unpaired) electrons. The lowest BCUT2D eigenvalue weighted by Crippen LogP contribution is -2.14. The second-order valence-corrected chi connectivity index (χ2v) is 4.12. The lowest BCUT2D eigenvalue weighted by molar-refractivity contribution is 0.265. The maximum absolute atomic E-state index is 9.09. The van der Waals surface area contributed by atoms with E-state index in [9.17, 15) is 0 Å². The van der Waals surface area contributed by atoms with Gasteiger partial charge in [0, 0.05) is 4.91 Å². The summed E-state index contributed by atoms with van der Waals surface area (Å²) < 4.78 is 0. The van der Waals surface area contributed by atoms with Crippen molar-refractivity contribution in [1.82, 2.24) is 0 Å². The molecule has 1 atom stereocenters. The van der Waals surface area contributed by atoms with Crippen LogP contribution >= 0.6 is 0 Å². The van der Waals surface area contributed by atoms with Gasteiger partial charge in [-0.2, -0.15) is 0 Å². The fourth-order valence-corrected chi connectivity index (χ4v) is 1.98. The highest BCUT2D eigenvalue weighted by Gasteiger charge is 2.10. The van der Waals surface area contributed by atoms with Crippen molar-refractivity contribution in [3.05, 3.63) is 44.8 Å². The molecular formula is C12H17N3O. The standard InChI is InChI=1S/C12H17N3O/c1-8-4-9(2)12(10(3)5-8)6-11(7-16)14-15-13/h4-5,11,16H,6-7H2,1-3H3. The van der Waals surface area contributed by atoms with Crippen molar-refractivity contribution in [3.8, 4) is 0 Å². The Hall–Kier alpha value is -1.51. The average molecular weight is 219 g/mol. The molecule has 0 saturated carbocycles. The van der Waals surface area contributed by atoms with Gasteiger partial charge in [0.15, 0.2) is 0 Å². The zero-order valence-electron chi connectivity index (χ0n) is 9.94. The number of aliphatic hydroxyl groups is 1. The molecule has 1 unspecified atom stereocenters. The summed E-state index contributed by atoms with van der Waals surface area (Å²) >= 11 is 0. The first-order chi connectivity index (χ1) is 7.58. The monoisotopic (exact) mass is 219 g/mol. The molecule has 16 heavy (non-hydrogen) atoms. The van der Waals surface area contributed by atoms with Gasteiger partial charge in [-0.3, -0.25) is 0 Å². The number of hydrogen-bond acceptors (Lipinski definition) is 2. The van der Waals surface area contributed by atoms with Crippen LogP contribution in [0.2, 0.25) is 0 Å². The Morgan fingerprint density at radius 3 is 2.31 bits per heavy atom. The van der Waals surface area contributed by atoms with Crippen LogP contribution in [0.3, 0.4) is 0 Å². The number of benzene rings is 1.